The third kappa shape index (κ3) is 3.11. The minimum Gasteiger partial charge on any atom is -0.397 e. The van der Waals surface area contributed by atoms with E-state index in [1.54, 1.807) is 6.20 Å². The Morgan fingerprint density at radius 3 is 2.71 bits per heavy atom. The summed E-state index contributed by atoms with van der Waals surface area (Å²) in [4.78, 5) is 4.38. The molecule has 3 N–H and O–H groups in total. The maximum Gasteiger partial charge on any atom is 0.129 e. The second-order valence-electron chi connectivity index (χ2n) is 5.27. The second-order valence-corrected chi connectivity index (χ2v) is 5.27. The molecule has 1 atom stereocenters. The molecule has 1 aromatic rings. The summed E-state index contributed by atoms with van der Waals surface area (Å²) in [5, 5.41) is 3.54. The first-order chi connectivity index (χ1) is 8.16. The van der Waals surface area contributed by atoms with Crippen LogP contribution < -0.4 is 11.1 Å². The van der Waals surface area contributed by atoms with Gasteiger partial charge in [0.05, 0.1) is 11.9 Å². The smallest absolute Gasteiger partial charge is 0.129 e. The highest BCUT2D eigenvalue weighted by Crippen LogP contribution is 2.28. The monoisotopic (exact) mass is 233 g/mol. The van der Waals surface area contributed by atoms with Crippen LogP contribution in [-0.4, -0.2) is 11.0 Å². The van der Waals surface area contributed by atoms with Crippen molar-refractivity contribution >= 4 is 11.5 Å². The van der Waals surface area contributed by atoms with Gasteiger partial charge in [-0.2, -0.15) is 0 Å². The lowest BCUT2D eigenvalue weighted by atomic mass is 9.84. The van der Waals surface area contributed by atoms with Gasteiger partial charge in [0.1, 0.15) is 5.82 Å². The maximum absolute atomic E-state index is 5.71. The molecular weight excluding hydrogens is 210 g/mol. The van der Waals surface area contributed by atoms with E-state index in [1.807, 2.05) is 6.07 Å². The van der Waals surface area contributed by atoms with Crippen molar-refractivity contribution in [1.29, 1.82) is 0 Å². The first-order valence-electron chi connectivity index (χ1n) is 6.65. The molecule has 0 bridgehead atoms. The molecule has 0 saturated heterocycles. The lowest BCUT2D eigenvalue weighted by Crippen LogP contribution is -2.28. The van der Waals surface area contributed by atoms with Gasteiger partial charge < -0.3 is 11.1 Å². The van der Waals surface area contributed by atoms with Crippen molar-refractivity contribution in [2.75, 3.05) is 11.1 Å². The zero-order valence-electron chi connectivity index (χ0n) is 10.9. The van der Waals surface area contributed by atoms with Crippen molar-refractivity contribution in [1.82, 2.24) is 4.98 Å². The fourth-order valence-corrected chi connectivity index (χ4v) is 2.72. The molecule has 1 aromatic heterocycles. The molecule has 0 spiro atoms. The van der Waals surface area contributed by atoms with Gasteiger partial charge in [-0.05, 0) is 44.2 Å². The third-order valence-corrected chi connectivity index (χ3v) is 3.82. The summed E-state index contributed by atoms with van der Waals surface area (Å²) >= 11 is 0. The van der Waals surface area contributed by atoms with Crippen LogP contribution in [0.1, 0.15) is 44.6 Å². The van der Waals surface area contributed by atoms with Crippen LogP contribution in [0.2, 0.25) is 0 Å². The maximum atomic E-state index is 5.71. The van der Waals surface area contributed by atoms with E-state index in [0.717, 1.165) is 23.0 Å². The highest BCUT2D eigenvalue weighted by atomic mass is 15.0. The van der Waals surface area contributed by atoms with E-state index in [2.05, 4.69) is 24.1 Å². The number of nitrogens with zero attached hydrogens (tertiary/aromatic N) is 1. The number of nitrogens with one attached hydrogen (secondary N) is 1. The summed E-state index contributed by atoms with van der Waals surface area (Å²) in [7, 11) is 0. The number of rotatable bonds is 3. The van der Waals surface area contributed by atoms with Crippen molar-refractivity contribution in [2.45, 2.75) is 52.0 Å². The highest BCUT2D eigenvalue weighted by Gasteiger charge is 2.20. The van der Waals surface area contributed by atoms with Gasteiger partial charge in [-0.15, -0.1) is 0 Å². The molecule has 0 radical (unpaired) electrons. The van der Waals surface area contributed by atoms with E-state index in [-0.39, 0.29) is 0 Å². The van der Waals surface area contributed by atoms with Gasteiger partial charge in [0.15, 0.2) is 0 Å². The molecule has 0 aliphatic heterocycles. The molecule has 94 valence electrons. The van der Waals surface area contributed by atoms with Crippen molar-refractivity contribution in [2.24, 2.45) is 5.92 Å². The van der Waals surface area contributed by atoms with Crippen molar-refractivity contribution in [3.63, 3.8) is 0 Å². The Balaban J connectivity index is 1.99. The van der Waals surface area contributed by atoms with E-state index >= 15 is 0 Å². The Hall–Kier alpha value is -1.25. The Morgan fingerprint density at radius 1 is 1.35 bits per heavy atom. The predicted octanol–water partition coefficient (Wildman–Crippen LogP) is 3.35. The quantitative estimate of drug-likeness (QED) is 0.841. The third-order valence-electron chi connectivity index (χ3n) is 3.82. The summed E-state index contributed by atoms with van der Waals surface area (Å²) in [5.41, 5.74) is 7.58. The van der Waals surface area contributed by atoms with E-state index < -0.39 is 0 Å². The first kappa shape index (κ1) is 12.2. The van der Waals surface area contributed by atoms with Gasteiger partial charge in [-0.3, -0.25) is 0 Å². The van der Waals surface area contributed by atoms with Crippen LogP contribution in [0.3, 0.4) is 0 Å². The van der Waals surface area contributed by atoms with Gasteiger partial charge in [0, 0.05) is 6.04 Å². The number of hydrogen-bond acceptors (Lipinski definition) is 3. The van der Waals surface area contributed by atoms with Crippen LogP contribution >= 0.6 is 0 Å². The summed E-state index contributed by atoms with van der Waals surface area (Å²) < 4.78 is 0. The van der Waals surface area contributed by atoms with Crippen LogP contribution in [0.5, 0.6) is 0 Å². The average Bonchev–Trinajstić information content (AvgIpc) is 2.34. The fraction of sp³-hybridized carbons (Fsp3) is 0.643. The van der Waals surface area contributed by atoms with Crippen molar-refractivity contribution < 1.29 is 0 Å². The van der Waals surface area contributed by atoms with E-state index in [0.29, 0.717) is 6.04 Å². The molecule has 1 saturated carbocycles. The zero-order chi connectivity index (χ0) is 12.3. The molecule has 1 aliphatic rings. The number of anilines is 2. The average molecular weight is 233 g/mol. The van der Waals surface area contributed by atoms with Crippen LogP contribution in [-0.2, 0) is 0 Å². The van der Waals surface area contributed by atoms with Gasteiger partial charge in [-0.25, -0.2) is 4.98 Å². The van der Waals surface area contributed by atoms with Crippen LogP contribution in [0, 0.1) is 12.8 Å². The van der Waals surface area contributed by atoms with E-state index in [9.17, 15) is 0 Å². The van der Waals surface area contributed by atoms with Gasteiger partial charge in [0.25, 0.3) is 0 Å². The molecule has 17 heavy (non-hydrogen) atoms. The Labute approximate surface area is 104 Å². The number of hydrogen-bond donors (Lipinski definition) is 2. The van der Waals surface area contributed by atoms with Crippen LogP contribution in [0.25, 0.3) is 0 Å². The van der Waals surface area contributed by atoms with Gasteiger partial charge in [0.2, 0.25) is 0 Å². The summed E-state index contributed by atoms with van der Waals surface area (Å²) in [6, 6.07) is 2.48. The van der Waals surface area contributed by atoms with Gasteiger partial charge in [-0.1, -0.05) is 19.3 Å². The van der Waals surface area contributed by atoms with Crippen LogP contribution in [0.4, 0.5) is 11.5 Å². The molecule has 1 fully saturated rings. The minimum atomic E-state index is 0.505. The van der Waals surface area contributed by atoms with Crippen LogP contribution in [0.15, 0.2) is 12.3 Å². The molecule has 3 heteroatoms. The number of pyridine rings is 1. The first-order valence-corrected chi connectivity index (χ1v) is 6.65. The summed E-state index contributed by atoms with van der Waals surface area (Å²) in [6.45, 7) is 4.33. The SMILES string of the molecule is Cc1cc(N)cnc1NC(C)C1CCCCC1. The summed E-state index contributed by atoms with van der Waals surface area (Å²) in [6.07, 6.45) is 8.59. The molecule has 3 nitrogen and oxygen atoms in total. The normalized spacial score (nSPS) is 18.9. The minimum absolute atomic E-state index is 0.505. The molecule has 2 rings (SSSR count). The van der Waals surface area contributed by atoms with Gasteiger partial charge >= 0.3 is 0 Å². The summed E-state index contributed by atoms with van der Waals surface area (Å²) in [5.74, 6) is 1.78. The molecule has 0 aromatic carbocycles. The van der Waals surface area contributed by atoms with Crippen molar-refractivity contribution in [3.05, 3.63) is 17.8 Å². The Morgan fingerprint density at radius 2 is 2.06 bits per heavy atom. The molecular formula is C14H23N3. The number of aryl methyl sites for hydroxylation is 1. The Bertz CT molecular complexity index is 370. The highest BCUT2D eigenvalue weighted by molar-refractivity contribution is 5.51. The number of nitrogen functional groups attached to an aromatic ring is 1. The second kappa shape index (κ2) is 5.39. The topological polar surface area (TPSA) is 50.9 Å². The standard InChI is InChI=1S/C14H23N3/c1-10-8-13(15)9-16-14(10)17-11(2)12-6-4-3-5-7-12/h8-9,11-12H,3-7,15H2,1-2H3,(H,16,17). The lowest BCUT2D eigenvalue weighted by Gasteiger charge is -2.29. The number of aromatic nitrogens is 1. The number of nitrogens with two attached hydrogens (primary N) is 1. The fourth-order valence-electron chi connectivity index (χ4n) is 2.72. The van der Waals surface area contributed by atoms with E-state index in [1.165, 1.54) is 32.1 Å². The molecule has 1 aliphatic carbocycles. The largest absolute Gasteiger partial charge is 0.397 e. The van der Waals surface area contributed by atoms with Crippen molar-refractivity contribution in [3.8, 4) is 0 Å². The molecule has 1 unspecified atom stereocenters. The predicted molar refractivity (Wildman–Crippen MR) is 73.0 cm³/mol. The zero-order valence-corrected chi connectivity index (χ0v) is 10.9. The lowest BCUT2D eigenvalue weighted by molar-refractivity contribution is 0.328. The molecule has 0 amide bonds. The Kier molecular flexibility index (Phi) is 3.87. The van der Waals surface area contributed by atoms with E-state index in [4.69, 9.17) is 5.73 Å². The molecule has 1 heterocycles.